The molecule has 6 heteroatoms. The van der Waals surface area contributed by atoms with Crippen LogP contribution in [0.15, 0.2) is 97.1 Å². The second-order valence-electron chi connectivity index (χ2n) is 7.48. The van der Waals surface area contributed by atoms with E-state index in [-0.39, 0.29) is 24.4 Å². The molecule has 6 nitrogen and oxygen atoms in total. The zero-order valence-electron chi connectivity index (χ0n) is 19.2. The molecule has 34 heavy (non-hydrogen) atoms. The monoisotopic (exact) mass is 458 g/mol. The summed E-state index contributed by atoms with van der Waals surface area (Å²) in [5, 5.41) is 0. The van der Waals surface area contributed by atoms with Crippen molar-refractivity contribution in [2.24, 2.45) is 0 Å². The van der Waals surface area contributed by atoms with Crippen molar-refractivity contribution in [3.05, 3.63) is 97.1 Å². The predicted molar refractivity (Wildman–Crippen MR) is 131 cm³/mol. The van der Waals surface area contributed by atoms with E-state index < -0.39 is 11.9 Å². The third kappa shape index (κ3) is 6.51. The highest BCUT2D eigenvalue weighted by atomic mass is 16.5. The van der Waals surface area contributed by atoms with Gasteiger partial charge in [0.25, 0.3) is 0 Å². The van der Waals surface area contributed by atoms with Crippen LogP contribution in [0.2, 0.25) is 0 Å². The fourth-order valence-electron chi connectivity index (χ4n) is 3.11. The van der Waals surface area contributed by atoms with Crippen LogP contribution < -0.4 is 9.47 Å². The van der Waals surface area contributed by atoms with Crippen LogP contribution in [0.3, 0.4) is 0 Å². The van der Waals surface area contributed by atoms with Crippen LogP contribution in [-0.2, 0) is 19.1 Å². The van der Waals surface area contributed by atoms with E-state index in [0.717, 1.165) is 22.3 Å². The third-order valence-electron chi connectivity index (χ3n) is 4.90. The molecule has 0 aromatic heterocycles. The van der Waals surface area contributed by atoms with Gasteiger partial charge < -0.3 is 18.9 Å². The maximum Gasteiger partial charge on any atom is 0.341 e. The van der Waals surface area contributed by atoms with Gasteiger partial charge in [-0.15, -0.1) is 0 Å². The molecule has 0 N–H and O–H groups in total. The molecular formula is C28H26O6. The maximum absolute atomic E-state index is 11.9. The topological polar surface area (TPSA) is 71.1 Å². The minimum atomic E-state index is -0.514. The van der Waals surface area contributed by atoms with Gasteiger partial charge in [-0.3, -0.25) is 0 Å². The Morgan fingerprint density at radius 2 is 0.824 bits per heavy atom. The number of hydrogen-bond acceptors (Lipinski definition) is 6. The SMILES string of the molecule is C=C(COC)C(=O)Oc1ccc(-c2ccc(-c3ccc(OC(=O)C(=C)COC)cc3)cc2)cc1. The van der Waals surface area contributed by atoms with Crippen LogP contribution in [0.4, 0.5) is 0 Å². The summed E-state index contributed by atoms with van der Waals surface area (Å²) in [6.07, 6.45) is 0. The Kier molecular flexibility index (Phi) is 8.51. The summed E-state index contributed by atoms with van der Waals surface area (Å²) in [5.74, 6) is -0.150. The quantitative estimate of drug-likeness (QED) is 0.235. The molecule has 0 unspecified atom stereocenters. The summed E-state index contributed by atoms with van der Waals surface area (Å²) in [5.41, 5.74) is 4.52. The first-order valence-corrected chi connectivity index (χ1v) is 10.5. The van der Waals surface area contributed by atoms with Crippen molar-refractivity contribution in [1.29, 1.82) is 0 Å². The first kappa shape index (κ1) is 24.6. The second-order valence-corrected chi connectivity index (χ2v) is 7.48. The third-order valence-corrected chi connectivity index (χ3v) is 4.90. The van der Waals surface area contributed by atoms with Gasteiger partial charge in [0.15, 0.2) is 0 Å². The number of esters is 2. The second kappa shape index (κ2) is 11.7. The molecule has 3 rings (SSSR count). The molecule has 0 heterocycles. The number of hydrogen-bond donors (Lipinski definition) is 0. The van der Waals surface area contributed by atoms with Gasteiger partial charge in [0.2, 0.25) is 0 Å². The van der Waals surface area contributed by atoms with E-state index in [4.69, 9.17) is 18.9 Å². The lowest BCUT2D eigenvalue weighted by molar-refractivity contribution is -0.131. The molecule has 0 radical (unpaired) electrons. The van der Waals surface area contributed by atoms with Crippen LogP contribution in [0.25, 0.3) is 22.3 Å². The fraction of sp³-hybridized carbons (Fsp3) is 0.143. The largest absolute Gasteiger partial charge is 0.423 e. The van der Waals surface area contributed by atoms with Crippen LogP contribution in [-0.4, -0.2) is 39.4 Å². The molecule has 0 saturated carbocycles. The van der Waals surface area contributed by atoms with Crippen LogP contribution in [0.5, 0.6) is 11.5 Å². The molecule has 0 amide bonds. The normalized spacial score (nSPS) is 10.4. The molecule has 174 valence electrons. The Morgan fingerprint density at radius 1 is 0.559 bits per heavy atom. The van der Waals surface area contributed by atoms with Crippen LogP contribution >= 0.6 is 0 Å². The highest BCUT2D eigenvalue weighted by Crippen LogP contribution is 2.27. The Morgan fingerprint density at radius 3 is 1.09 bits per heavy atom. The summed E-state index contributed by atoms with van der Waals surface area (Å²) in [4.78, 5) is 23.8. The van der Waals surface area contributed by atoms with Gasteiger partial charge >= 0.3 is 11.9 Å². The highest BCUT2D eigenvalue weighted by Gasteiger charge is 2.11. The van der Waals surface area contributed by atoms with Crippen molar-refractivity contribution in [3.8, 4) is 33.8 Å². The zero-order chi connectivity index (χ0) is 24.5. The highest BCUT2D eigenvalue weighted by molar-refractivity contribution is 5.90. The number of carbonyl (C=O) groups excluding carboxylic acids is 2. The fourth-order valence-corrected chi connectivity index (χ4v) is 3.11. The van der Waals surface area contributed by atoms with Crippen LogP contribution in [0.1, 0.15) is 0 Å². The minimum absolute atomic E-state index is 0.126. The lowest BCUT2D eigenvalue weighted by Crippen LogP contribution is -2.13. The Hall–Kier alpha value is -4.00. The molecule has 3 aromatic carbocycles. The maximum atomic E-state index is 11.9. The van der Waals surface area contributed by atoms with Gasteiger partial charge in [0.05, 0.1) is 24.4 Å². The number of methoxy groups -OCH3 is 2. The molecule has 0 atom stereocenters. The van der Waals surface area contributed by atoms with E-state index in [9.17, 15) is 9.59 Å². The first-order valence-electron chi connectivity index (χ1n) is 10.5. The van der Waals surface area contributed by atoms with E-state index >= 15 is 0 Å². The van der Waals surface area contributed by atoms with Crippen molar-refractivity contribution in [1.82, 2.24) is 0 Å². The molecule has 0 saturated heterocycles. The van der Waals surface area contributed by atoms with Gasteiger partial charge in [-0.05, 0) is 46.5 Å². The minimum Gasteiger partial charge on any atom is -0.423 e. The Labute approximate surface area is 199 Å². The van der Waals surface area contributed by atoms with Gasteiger partial charge in [0, 0.05) is 14.2 Å². The zero-order valence-corrected chi connectivity index (χ0v) is 19.2. The van der Waals surface area contributed by atoms with Crippen molar-refractivity contribution in [2.75, 3.05) is 27.4 Å². The molecule has 0 spiro atoms. The lowest BCUT2D eigenvalue weighted by atomic mass is 10.0. The summed E-state index contributed by atoms with van der Waals surface area (Å²) >= 11 is 0. The lowest BCUT2D eigenvalue weighted by Gasteiger charge is -2.09. The summed E-state index contributed by atoms with van der Waals surface area (Å²) in [6.45, 7) is 7.53. The van der Waals surface area contributed by atoms with E-state index in [1.165, 1.54) is 14.2 Å². The van der Waals surface area contributed by atoms with Gasteiger partial charge in [0.1, 0.15) is 11.5 Å². The van der Waals surface area contributed by atoms with Crippen molar-refractivity contribution in [2.45, 2.75) is 0 Å². The summed E-state index contributed by atoms with van der Waals surface area (Å²) in [7, 11) is 2.99. The van der Waals surface area contributed by atoms with E-state index in [1.807, 2.05) is 48.5 Å². The molecule has 0 fully saturated rings. The van der Waals surface area contributed by atoms with E-state index in [1.54, 1.807) is 24.3 Å². The predicted octanol–water partition coefficient (Wildman–Crippen LogP) is 5.24. The van der Waals surface area contributed by atoms with Gasteiger partial charge in [-0.2, -0.15) is 0 Å². The van der Waals surface area contributed by atoms with E-state index in [2.05, 4.69) is 13.2 Å². The van der Waals surface area contributed by atoms with Crippen LogP contribution in [0, 0.1) is 0 Å². The standard InChI is InChI=1S/C28H26O6/c1-19(17-31-3)27(29)33-25-13-9-23(10-14-25)21-5-7-22(8-6-21)24-11-15-26(16-12-24)34-28(30)20(2)18-32-4/h5-16H,1-2,17-18H2,3-4H3. The average Bonchev–Trinajstić information content (AvgIpc) is 2.85. The number of rotatable bonds is 10. The summed E-state index contributed by atoms with van der Waals surface area (Å²) < 4.78 is 20.4. The Balaban J connectivity index is 1.63. The number of benzene rings is 3. The molecule has 0 bridgehead atoms. The molecule has 0 aliphatic heterocycles. The molecular weight excluding hydrogens is 432 g/mol. The molecule has 3 aromatic rings. The summed E-state index contributed by atoms with van der Waals surface area (Å²) in [6, 6.07) is 22.6. The van der Waals surface area contributed by atoms with Gasteiger partial charge in [-0.1, -0.05) is 61.7 Å². The first-order chi connectivity index (χ1) is 16.4. The van der Waals surface area contributed by atoms with Crippen molar-refractivity contribution >= 4 is 11.9 Å². The number of carbonyl (C=O) groups is 2. The van der Waals surface area contributed by atoms with Crippen molar-refractivity contribution < 1.29 is 28.5 Å². The Bertz CT molecular complexity index is 1060. The van der Waals surface area contributed by atoms with E-state index in [0.29, 0.717) is 11.5 Å². The van der Waals surface area contributed by atoms with Gasteiger partial charge in [-0.25, -0.2) is 9.59 Å². The molecule has 0 aliphatic carbocycles. The van der Waals surface area contributed by atoms with Crippen molar-refractivity contribution in [3.63, 3.8) is 0 Å². The smallest absolute Gasteiger partial charge is 0.341 e. The average molecular weight is 459 g/mol. The molecule has 0 aliphatic rings. The number of ether oxygens (including phenoxy) is 4.